The van der Waals surface area contributed by atoms with Crippen LogP contribution in [0.15, 0.2) is 0 Å². The first-order valence-corrected chi connectivity index (χ1v) is 7.45. The first-order valence-electron chi connectivity index (χ1n) is 7.45. The van der Waals surface area contributed by atoms with Gasteiger partial charge in [-0.3, -0.25) is 9.59 Å². The number of likely N-dealkylation sites (tertiary alicyclic amines) is 1. The van der Waals surface area contributed by atoms with Gasteiger partial charge in [0.1, 0.15) is 0 Å². The van der Waals surface area contributed by atoms with Crippen LogP contribution < -0.4 is 0 Å². The molecule has 1 unspecified atom stereocenters. The van der Waals surface area contributed by atoms with Gasteiger partial charge in [0.25, 0.3) is 0 Å². The lowest BCUT2D eigenvalue weighted by molar-refractivity contribution is -0.156. The summed E-state index contributed by atoms with van der Waals surface area (Å²) in [6, 6.07) is 0.240. The van der Waals surface area contributed by atoms with Gasteiger partial charge in [-0.1, -0.05) is 6.92 Å². The summed E-state index contributed by atoms with van der Waals surface area (Å²) in [6.07, 6.45) is 4.13. The summed E-state index contributed by atoms with van der Waals surface area (Å²) in [4.78, 5) is 28.3. The van der Waals surface area contributed by atoms with Crippen LogP contribution in [0.1, 0.15) is 60.3 Å². The van der Waals surface area contributed by atoms with Gasteiger partial charge in [-0.05, 0) is 53.4 Å². The Morgan fingerprint density at radius 2 is 1.84 bits per heavy atom. The minimum Gasteiger partial charge on any atom is -0.331 e. The van der Waals surface area contributed by atoms with Gasteiger partial charge in [0.15, 0.2) is 0 Å². The normalized spacial score (nSPS) is 20.3. The topological polar surface area (TPSA) is 40.6 Å². The van der Waals surface area contributed by atoms with Crippen LogP contribution in [0.25, 0.3) is 0 Å². The average molecular weight is 268 g/mol. The molecule has 4 nitrogen and oxygen atoms in total. The smallest absolute Gasteiger partial charge is 0.312 e. The second-order valence-corrected chi connectivity index (χ2v) is 6.28. The van der Waals surface area contributed by atoms with E-state index in [1.807, 2.05) is 27.7 Å². The molecule has 0 N–H and O–H groups in total. The molecular weight excluding hydrogens is 240 g/mol. The molecule has 1 rings (SSSR count). The van der Waals surface area contributed by atoms with Crippen LogP contribution in [0.4, 0.5) is 0 Å². The minimum atomic E-state index is -0.352. The van der Waals surface area contributed by atoms with E-state index in [4.69, 9.17) is 0 Å². The predicted octanol–water partition coefficient (Wildman–Crippen LogP) is 2.42. The predicted molar refractivity (Wildman–Crippen MR) is 76.8 cm³/mol. The monoisotopic (exact) mass is 268 g/mol. The van der Waals surface area contributed by atoms with E-state index in [2.05, 4.69) is 6.92 Å². The first-order chi connectivity index (χ1) is 8.82. The zero-order valence-electron chi connectivity index (χ0n) is 13.0. The molecule has 110 valence electrons. The van der Waals surface area contributed by atoms with Crippen LogP contribution in [0.5, 0.6) is 0 Å². The summed E-state index contributed by atoms with van der Waals surface area (Å²) in [6.45, 7) is 11.2. The molecule has 1 saturated heterocycles. The van der Waals surface area contributed by atoms with Crippen LogP contribution in [0.2, 0.25) is 0 Å². The molecule has 1 heterocycles. The Kier molecular flexibility index (Phi) is 5.39. The van der Waals surface area contributed by atoms with Crippen LogP contribution in [0.3, 0.4) is 0 Å². The molecule has 0 radical (unpaired) electrons. The van der Waals surface area contributed by atoms with Gasteiger partial charge in [0.2, 0.25) is 0 Å². The van der Waals surface area contributed by atoms with Gasteiger partial charge in [-0.25, -0.2) is 0 Å². The van der Waals surface area contributed by atoms with E-state index in [0.29, 0.717) is 6.54 Å². The van der Waals surface area contributed by atoms with Crippen molar-refractivity contribution >= 4 is 11.8 Å². The van der Waals surface area contributed by atoms with E-state index in [0.717, 1.165) is 32.2 Å². The van der Waals surface area contributed by atoms with E-state index in [1.165, 1.54) is 0 Å². The average Bonchev–Trinajstić information content (AvgIpc) is 2.36. The van der Waals surface area contributed by atoms with Crippen molar-refractivity contribution in [2.75, 3.05) is 13.1 Å². The Morgan fingerprint density at radius 3 is 2.32 bits per heavy atom. The zero-order valence-corrected chi connectivity index (χ0v) is 13.0. The molecule has 1 aliphatic rings. The fraction of sp³-hybridized carbons (Fsp3) is 0.867. The third-order valence-corrected chi connectivity index (χ3v) is 3.91. The zero-order chi connectivity index (χ0) is 14.6. The van der Waals surface area contributed by atoms with Crippen molar-refractivity contribution in [3.05, 3.63) is 0 Å². The van der Waals surface area contributed by atoms with Gasteiger partial charge in [-0.15, -0.1) is 0 Å². The van der Waals surface area contributed by atoms with E-state index < -0.39 is 0 Å². The van der Waals surface area contributed by atoms with Crippen molar-refractivity contribution in [1.82, 2.24) is 9.80 Å². The number of rotatable bonds is 2. The van der Waals surface area contributed by atoms with Crippen LogP contribution >= 0.6 is 0 Å². The Bertz CT molecular complexity index is 334. The molecule has 0 saturated carbocycles. The number of piperidine rings is 1. The van der Waals surface area contributed by atoms with Crippen molar-refractivity contribution in [3.63, 3.8) is 0 Å². The maximum Gasteiger partial charge on any atom is 0.312 e. The van der Waals surface area contributed by atoms with Crippen molar-refractivity contribution in [3.8, 4) is 0 Å². The third kappa shape index (κ3) is 3.71. The molecule has 1 atom stereocenters. The third-order valence-electron chi connectivity index (χ3n) is 3.91. The lowest BCUT2D eigenvalue weighted by atomic mass is 9.99. The van der Waals surface area contributed by atoms with E-state index in [1.54, 1.807) is 9.80 Å². The lowest BCUT2D eigenvalue weighted by Crippen LogP contribution is -2.55. The Labute approximate surface area is 117 Å². The number of hydrogen-bond donors (Lipinski definition) is 0. The second-order valence-electron chi connectivity index (χ2n) is 6.28. The molecule has 1 fully saturated rings. The van der Waals surface area contributed by atoms with E-state index in [9.17, 15) is 9.59 Å². The minimum absolute atomic E-state index is 0.240. The van der Waals surface area contributed by atoms with Crippen molar-refractivity contribution in [2.24, 2.45) is 0 Å². The Hall–Kier alpha value is -1.06. The van der Waals surface area contributed by atoms with Crippen molar-refractivity contribution in [2.45, 2.75) is 71.9 Å². The SMILES string of the molecule is CCC1CCCCN1C(=O)C(=O)N(CC)C(C)(C)C. The summed E-state index contributed by atoms with van der Waals surface area (Å²) < 4.78 is 0. The van der Waals surface area contributed by atoms with Gasteiger partial charge in [0.05, 0.1) is 0 Å². The van der Waals surface area contributed by atoms with Gasteiger partial charge in [0, 0.05) is 24.7 Å². The first kappa shape index (κ1) is 16.0. The maximum atomic E-state index is 12.4. The van der Waals surface area contributed by atoms with Gasteiger partial charge < -0.3 is 9.80 Å². The van der Waals surface area contributed by atoms with E-state index in [-0.39, 0.29) is 23.4 Å². The molecule has 1 aliphatic heterocycles. The number of carbonyl (C=O) groups excluding carboxylic acids is 2. The number of hydrogen-bond acceptors (Lipinski definition) is 2. The highest BCUT2D eigenvalue weighted by molar-refractivity contribution is 6.35. The number of nitrogens with zero attached hydrogens (tertiary/aromatic N) is 2. The molecule has 4 heteroatoms. The quantitative estimate of drug-likeness (QED) is 0.722. The van der Waals surface area contributed by atoms with Gasteiger partial charge >= 0.3 is 11.8 Å². The fourth-order valence-electron chi connectivity index (χ4n) is 2.85. The highest BCUT2D eigenvalue weighted by atomic mass is 16.2. The molecule has 0 spiro atoms. The summed E-state index contributed by atoms with van der Waals surface area (Å²) in [7, 11) is 0. The Balaban J connectivity index is 2.83. The highest BCUT2D eigenvalue weighted by Gasteiger charge is 2.35. The molecule has 0 aromatic rings. The van der Waals surface area contributed by atoms with E-state index >= 15 is 0 Å². The van der Waals surface area contributed by atoms with Crippen LogP contribution in [-0.4, -0.2) is 46.3 Å². The molecule has 0 aromatic heterocycles. The number of carbonyl (C=O) groups is 2. The summed E-state index contributed by atoms with van der Waals surface area (Å²) in [5.74, 6) is -0.668. The summed E-state index contributed by atoms with van der Waals surface area (Å²) in [5.41, 5.74) is -0.307. The van der Waals surface area contributed by atoms with Crippen LogP contribution in [0, 0.1) is 0 Å². The van der Waals surface area contributed by atoms with Crippen molar-refractivity contribution < 1.29 is 9.59 Å². The second kappa shape index (κ2) is 6.40. The maximum absolute atomic E-state index is 12.4. The van der Waals surface area contributed by atoms with Gasteiger partial charge in [-0.2, -0.15) is 0 Å². The number of amides is 2. The van der Waals surface area contributed by atoms with Crippen molar-refractivity contribution in [1.29, 1.82) is 0 Å². The fourth-order valence-corrected chi connectivity index (χ4v) is 2.85. The summed E-state index contributed by atoms with van der Waals surface area (Å²) in [5, 5.41) is 0. The lowest BCUT2D eigenvalue weighted by Gasteiger charge is -2.39. The van der Waals surface area contributed by atoms with Crippen LogP contribution in [-0.2, 0) is 9.59 Å². The molecule has 19 heavy (non-hydrogen) atoms. The molecular formula is C15H28N2O2. The molecule has 0 aliphatic carbocycles. The largest absolute Gasteiger partial charge is 0.331 e. The molecule has 0 aromatic carbocycles. The number of likely N-dealkylation sites (N-methyl/N-ethyl adjacent to an activating group) is 1. The molecule has 0 bridgehead atoms. The standard InChI is InChI=1S/C15H28N2O2/c1-6-12-10-8-9-11-16(12)13(18)14(19)17(7-2)15(3,4)5/h12H,6-11H2,1-5H3. The molecule has 2 amide bonds. The highest BCUT2D eigenvalue weighted by Crippen LogP contribution is 2.21. The summed E-state index contributed by atoms with van der Waals surface area (Å²) >= 11 is 0. The Morgan fingerprint density at radius 1 is 1.21 bits per heavy atom.